The van der Waals surface area contributed by atoms with Crippen LogP contribution in [-0.2, 0) is 0 Å². The summed E-state index contributed by atoms with van der Waals surface area (Å²) in [6.07, 6.45) is 0. The number of hydrogen-bond acceptors (Lipinski definition) is 4. The van der Waals surface area contributed by atoms with Gasteiger partial charge in [0.15, 0.2) is 0 Å². The molecule has 0 atom stereocenters. The Balaban J connectivity index is 1.47. The molecule has 2 aliphatic heterocycles. The van der Waals surface area contributed by atoms with E-state index in [-0.39, 0.29) is 11.8 Å². The monoisotopic (exact) mass is 406 g/mol. The summed E-state index contributed by atoms with van der Waals surface area (Å²) in [6.45, 7) is 14.5. The molecule has 6 heteroatoms. The smallest absolute Gasteiger partial charge is 0.255 e. The second-order valence-electron chi connectivity index (χ2n) is 9.02. The number of aromatic nitrogens is 2. The van der Waals surface area contributed by atoms with Crippen molar-refractivity contribution >= 4 is 11.8 Å². The highest BCUT2D eigenvalue weighted by molar-refractivity contribution is 5.98. The van der Waals surface area contributed by atoms with E-state index >= 15 is 0 Å². The summed E-state index contributed by atoms with van der Waals surface area (Å²) in [5.74, 6) is 0.797. The van der Waals surface area contributed by atoms with Crippen LogP contribution in [0.1, 0.15) is 54.6 Å². The minimum Gasteiger partial charge on any atom is -0.338 e. The van der Waals surface area contributed by atoms with Gasteiger partial charge in [-0.25, -0.2) is 0 Å². The zero-order chi connectivity index (χ0) is 21.7. The van der Waals surface area contributed by atoms with E-state index < -0.39 is 0 Å². The molecule has 0 unspecified atom stereocenters. The van der Waals surface area contributed by atoms with Gasteiger partial charge in [-0.1, -0.05) is 0 Å². The number of fused-ring (bicyclic) bond motifs is 1. The molecule has 0 N–H and O–H groups in total. The number of amides is 2. The third kappa shape index (κ3) is 3.48. The molecule has 2 saturated heterocycles. The molecule has 0 bridgehead atoms. The number of pyridine rings is 2. The number of carbonyl (C=O) groups excluding carboxylic acids is 2. The van der Waals surface area contributed by atoms with Crippen molar-refractivity contribution in [3.8, 4) is 0 Å². The van der Waals surface area contributed by atoms with Gasteiger partial charge in [0.1, 0.15) is 0 Å². The Kier molecular flexibility index (Phi) is 5.12. The van der Waals surface area contributed by atoms with E-state index in [0.717, 1.165) is 45.0 Å². The molecule has 2 aromatic rings. The van der Waals surface area contributed by atoms with Crippen molar-refractivity contribution in [2.75, 3.05) is 26.2 Å². The van der Waals surface area contributed by atoms with Crippen LogP contribution in [0.2, 0.25) is 0 Å². The highest BCUT2D eigenvalue weighted by Crippen LogP contribution is 2.34. The van der Waals surface area contributed by atoms with Crippen LogP contribution in [0, 0.1) is 53.4 Å². The van der Waals surface area contributed by atoms with Crippen molar-refractivity contribution in [2.45, 2.75) is 41.5 Å². The van der Waals surface area contributed by atoms with Crippen LogP contribution in [0.5, 0.6) is 0 Å². The van der Waals surface area contributed by atoms with Gasteiger partial charge in [-0.2, -0.15) is 0 Å². The lowest BCUT2D eigenvalue weighted by molar-refractivity contribution is 0.0737. The average molecular weight is 407 g/mol. The van der Waals surface area contributed by atoms with E-state index in [0.29, 0.717) is 38.0 Å². The molecule has 0 aliphatic carbocycles. The maximum atomic E-state index is 13.2. The predicted molar refractivity (Wildman–Crippen MR) is 116 cm³/mol. The summed E-state index contributed by atoms with van der Waals surface area (Å²) in [7, 11) is 0. The Labute approximate surface area is 178 Å². The highest BCUT2D eigenvalue weighted by Gasteiger charge is 2.44. The van der Waals surface area contributed by atoms with Crippen molar-refractivity contribution < 1.29 is 9.59 Å². The molecule has 4 rings (SSSR count). The quantitative estimate of drug-likeness (QED) is 0.768. The standard InChI is InChI=1S/C24H30N4O2/c1-13-7-15(3)25-17(5)21(13)23(29)27-9-19-11-28(12-20(19)10-27)24(30)22-14(2)8-16(4)26-18(22)6/h7-8,19-20H,9-12H2,1-6H3. The molecule has 6 nitrogen and oxygen atoms in total. The van der Waals surface area contributed by atoms with Crippen LogP contribution in [0.3, 0.4) is 0 Å². The number of hydrogen-bond donors (Lipinski definition) is 0. The van der Waals surface area contributed by atoms with Crippen LogP contribution in [0.25, 0.3) is 0 Å². The first-order valence-electron chi connectivity index (χ1n) is 10.6. The zero-order valence-corrected chi connectivity index (χ0v) is 18.7. The zero-order valence-electron chi connectivity index (χ0n) is 18.7. The van der Waals surface area contributed by atoms with Crippen molar-refractivity contribution in [2.24, 2.45) is 11.8 Å². The molecule has 4 heterocycles. The first-order valence-corrected chi connectivity index (χ1v) is 10.6. The van der Waals surface area contributed by atoms with E-state index in [1.54, 1.807) is 0 Å². The summed E-state index contributed by atoms with van der Waals surface area (Å²) < 4.78 is 0. The first kappa shape index (κ1) is 20.5. The number of carbonyl (C=O) groups is 2. The van der Waals surface area contributed by atoms with Gasteiger partial charge in [0.25, 0.3) is 11.8 Å². The molecule has 0 aromatic carbocycles. The molecule has 2 fully saturated rings. The second kappa shape index (κ2) is 7.49. The fourth-order valence-electron chi connectivity index (χ4n) is 5.33. The van der Waals surface area contributed by atoms with Gasteiger partial charge in [-0.3, -0.25) is 19.6 Å². The Bertz CT molecular complexity index is 904. The van der Waals surface area contributed by atoms with Gasteiger partial charge in [0, 0.05) is 49.4 Å². The number of rotatable bonds is 2. The van der Waals surface area contributed by atoms with Gasteiger partial charge >= 0.3 is 0 Å². The van der Waals surface area contributed by atoms with E-state index in [1.165, 1.54) is 0 Å². The van der Waals surface area contributed by atoms with Gasteiger partial charge in [-0.05, 0) is 64.8 Å². The molecular formula is C24H30N4O2. The summed E-state index contributed by atoms with van der Waals surface area (Å²) in [6, 6.07) is 3.94. The van der Waals surface area contributed by atoms with Gasteiger partial charge in [0.05, 0.1) is 22.5 Å². The van der Waals surface area contributed by atoms with Crippen molar-refractivity contribution in [3.05, 3.63) is 57.2 Å². The van der Waals surface area contributed by atoms with Crippen LogP contribution in [0.4, 0.5) is 0 Å². The Hall–Kier alpha value is -2.76. The largest absolute Gasteiger partial charge is 0.338 e. The Morgan fingerprint density at radius 1 is 0.700 bits per heavy atom. The van der Waals surface area contributed by atoms with Gasteiger partial charge in [0.2, 0.25) is 0 Å². The molecule has 2 amide bonds. The second-order valence-corrected chi connectivity index (χ2v) is 9.02. The normalized spacial score (nSPS) is 20.6. The predicted octanol–water partition coefficient (Wildman–Crippen LogP) is 3.17. The lowest BCUT2D eigenvalue weighted by Crippen LogP contribution is -2.36. The molecular weight excluding hydrogens is 376 g/mol. The number of likely N-dealkylation sites (tertiary alicyclic amines) is 2. The molecule has 30 heavy (non-hydrogen) atoms. The Morgan fingerprint density at radius 2 is 1.03 bits per heavy atom. The number of aryl methyl sites for hydroxylation is 6. The molecule has 2 aromatic heterocycles. The van der Waals surface area contributed by atoms with Crippen LogP contribution >= 0.6 is 0 Å². The lowest BCUT2D eigenvalue weighted by Gasteiger charge is -2.24. The fraction of sp³-hybridized carbons (Fsp3) is 0.500. The maximum Gasteiger partial charge on any atom is 0.255 e. The van der Waals surface area contributed by atoms with Gasteiger partial charge in [-0.15, -0.1) is 0 Å². The molecule has 0 spiro atoms. The van der Waals surface area contributed by atoms with Crippen molar-refractivity contribution in [1.82, 2.24) is 19.8 Å². The van der Waals surface area contributed by atoms with E-state index in [1.807, 2.05) is 63.5 Å². The first-order chi connectivity index (χ1) is 14.2. The minimum atomic E-state index is 0.0687. The third-order valence-electron chi connectivity index (χ3n) is 6.54. The Morgan fingerprint density at radius 3 is 1.33 bits per heavy atom. The van der Waals surface area contributed by atoms with Crippen molar-refractivity contribution in [1.29, 1.82) is 0 Å². The lowest BCUT2D eigenvalue weighted by atomic mass is 10.0. The van der Waals surface area contributed by atoms with Crippen LogP contribution < -0.4 is 0 Å². The minimum absolute atomic E-state index is 0.0687. The average Bonchev–Trinajstić information content (AvgIpc) is 3.18. The fourth-order valence-corrected chi connectivity index (χ4v) is 5.33. The van der Waals surface area contributed by atoms with Gasteiger partial charge < -0.3 is 9.80 Å². The van der Waals surface area contributed by atoms with E-state index in [4.69, 9.17) is 0 Å². The summed E-state index contributed by atoms with van der Waals surface area (Å²) in [5.41, 5.74) is 6.88. The van der Waals surface area contributed by atoms with Crippen LogP contribution in [0.15, 0.2) is 12.1 Å². The molecule has 0 radical (unpaired) electrons. The van der Waals surface area contributed by atoms with Crippen molar-refractivity contribution in [3.63, 3.8) is 0 Å². The SMILES string of the molecule is Cc1cc(C)c(C(=O)N2CC3CN(C(=O)c4c(C)cc(C)nc4C)CC3C2)c(C)n1. The molecule has 0 saturated carbocycles. The molecule has 2 aliphatic rings. The summed E-state index contributed by atoms with van der Waals surface area (Å²) in [4.78, 5) is 39.2. The third-order valence-corrected chi connectivity index (χ3v) is 6.54. The highest BCUT2D eigenvalue weighted by atomic mass is 16.2. The van der Waals surface area contributed by atoms with E-state index in [9.17, 15) is 9.59 Å². The molecule has 158 valence electrons. The van der Waals surface area contributed by atoms with Crippen LogP contribution in [-0.4, -0.2) is 57.8 Å². The number of nitrogens with zero attached hydrogens (tertiary/aromatic N) is 4. The topological polar surface area (TPSA) is 66.4 Å². The van der Waals surface area contributed by atoms with E-state index in [2.05, 4.69) is 9.97 Å². The maximum absolute atomic E-state index is 13.2. The summed E-state index contributed by atoms with van der Waals surface area (Å²) >= 11 is 0. The summed E-state index contributed by atoms with van der Waals surface area (Å²) in [5, 5.41) is 0.